The Morgan fingerprint density at radius 2 is 2.14 bits per heavy atom. The zero-order valence-corrected chi connectivity index (χ0v) is 12.0. The second-order valence-electron chi connectivity index (χ2n) is 5.42. The van der Waals surface area contributed by atoms with Gasteiger partial charge in [0, 0.05) is 11.4 Å². The first-order chi connectivity index (χ1) is 10.6. The summed E-state index contributed by atoms with van der Waals surface area (Å²) in [6.45, 7) is -0.0811. The predicted octanol–water partition coefficient (Wildman–Crippen LogP) is 1.70. The van der Waals surface area contributed by atoms with Gasteiger partial charge in [-0.1, -0.05) is 12.8 Å². The molecule has 0 bridgehead atoms. The fourth-order valence-corrected chi connectivity index (χ4v) is 2.73. The highest BCUT2D eigenvalue weighted by Gasteiger charge is 2.17. The highest BCUT2D eigenvalue weighted by molar-refractivity contribution is 6.01. The van der Waals surface area contributed by atoms with Crippen LogP contribution in [0, 0.1) is 0 Å². The number of amides is 1. The zero-order chi connectivity index (χ0) is 15.5. The van der Waals surface area contributed by atoms with E-state index in [9.17, 15) is 9.59 Å². The van der Waals surface area contributed by atoms with E-state index in [0.29, 0.717) is 16.7 Å². The standard InChI is InChI=1S/C15H17N3O4/c19-13(16-9-3-1-2-4-9)8-22-10-5-6-12-11(7-10)14(15(20)21)18-17-12/h5-7,9H,1-4,8H2,(H,16,19)(H,17,18)(H,20,21). The topological polar surface area (TPSA) is 104 Å². The molecule has 1 aliphatic carbocycles. The number of H-pyrrole nitrogens is 1. The van der Waals surface area contributed by atoms with Crippen LogP contribution < -0.4 is 10.1 Å². The van der Waals surface area contributed by atoms with E-state index in [4.69, 9.17) is 9.84 Å². The summed E-state index contributed by atoms with van der Waals surface area (Å²) in [5, 5.41) is 18.8. The van der Waals surface area contributed by atoms with E-state index in [-0.39, 0.29) is 24.2 Å². The molecule has 0 unspecified atom stereocenters. The summed E-state index contributed by atoms with van der Waals surface area (Å²) in [5.41, 5.74) is 0.552. The summed E-state index contributed by atoms with van der Waals surface area (Å²) in [5.74, 6) is -0.821. The van der Waals surface area contributed by atoms with Crippen molar-refractivity contribution in [1.82, 2.24) is 15.5 Å². The molecule has 7 heteroatoms. The Balaban J connectivity index is 1.64. The first kappa shape index (κ1) is 14.4. The molecule has 0 radical (unpaired) electrons. The number of fused-ring (bicyclic) bond motifs is 1. The van der Waals surface area contributed by atoms with Crippen molar-refractivity contribution in [3.05, 3.63) is 23.9 Å². The zero-order valence-electron chi connectivity index (χ0n) is 12.0. The Bertz CT molecular complexity index is 704. The monoisotopic (exact) mass is 303 g/mol. The maximum atomic E-state index is 11.8. The van der Waals surface area contributed by atoms with Crippen LogP contribution in [0.4, 0.5) is 0 Å². The molecular weight excluding hydrogens is 286 g/mol. The van der Waals surface area contributed by atoms with Crippen LogP contribution in [0.25, 0.3) is 10.9 Å². The van der Waals surface area contributed by atoms with Gasteiger partial charge in [-0.2, -0.15) is 5.10 Å². The van der Waals surface area contributed by atoms with Gasteiger partial charge in [0.05, 0.1) is 5.52 Å². The Morgan fingerprint density at radius 3 is 2.86 bits per heavy atom. The number of hydrogen-bond acceptors (Lipinski definition) is 4. The molecule has 0 aliphatic heterocycles. The third-order valence-corrected chi connectivity index (χ3v) is 3.83. The molecule has 1 fully saturated rings. The van der Waals surface area contributed by atoms with Crippen LogP contribution in [0.5, 0.6) is 5.75 Å². The molecule has 0 atom stereocenters. The number of aromatic carboxylic acids is 1. The molecular formula is C15H17N3O4. The van der Waals surface area contributed by atoms with Gasteiger partial charge in [-0.25, -0.2) is 4.79 Å². The van der Waals surface area contributed by atoms with Crippen molar-refractivity contribution >= 4 is 22.8 Å². The number of carboxylic acids is 1. The molecule has 1 saturated carbocycles. The third kappa shape index (κ3) is 3.03. The molecule has 1 aliphatic rings. The van der Waals surface area contributed by atoms with Crippen LogP contribution in [0.15, 0.2) is 18.2 Å². The van der Waals surface area contributed by atoms with Crippen molar-refractivity contribution in [2.75, 3.05) is 6.61 Å². The summed E-state index contributed by atoms with van der Waals surface area (Å²) < 4.78 is 5.44. The van der Waals surface area contributed by atoms with E-state index in [1.54, 1.807) is 18.2 Å². The maximum absolute atomic E-state index is 11.8. The van der Waals surface area contributed by atoms with Crippen LogP contribution in [0.3, 0.4) is 0 Å². The molecule has 1 aromatic heterocycles. The van der Waals surface area contributed by atoms with Crippen molar-refractivity contribution in [3.8, 4) is 5.75 Å². The number of ether oxygens (including phenoxy) is 1. The van der Waals surface area contributed by atoms with Crippen molar-refractivity contribution < 1.29 is 19.4 Å². The van der Waals surface area contributed by atoms with Crippen molar-refractivity contribution in [1.29, 1.82) is 0 Å². The van der Waals surface area contributed by atoms with E-state index in [0.717, 1.165) is 25.7 Å². The number of aromatic nitrogens is 2. The number of hydrogen-bond donors (Lipinski definition) is 3. The lowest BCUT2D eigenvalue weighted by molar-refractivity contribution is -0.123. The number of aromatic amines is 1. The van der Waals surface area contributed by atoms with Crippen LogP contribution in [-0.2, 0) is 4.79 Å². The van der Waals surface area contributed by atoms with Gasteiger partial charge in [0.15, 0.2) is 12.3 Å². The minimum absolute atomic E-state index is 0.0594. The van der Waals surface area contributed by atoms with Crippen molar-refractivity contribution in [2.45, 2.75) is 31.7 Å². The molecule has 0 spiro atoms. The first-order valence-electron chi connectivity index (χ1n) is 7.27. The summed E-state index contributed by atoms with van der Waals surface area (Å²) in [4.78, 5) is 22.9. The lowest BCUT2D eigenvalue weighted by Gasteiger charge is -2.12. The summed E-state index contributed by atoms with van der Waals surface area (Å²) in [6.07, 6.45) is 4.35. The van der Waals surface area contributed by atoms with E-state index in [2.05, 4.69) is 15.5 Å². The first-order valence-corrected chi connectivity index (χ1v) is 7.27. The average Bonchev–Trinajstić information content (AvgIpc) is 3.13. The van der Waals surface area contributed by atoms with Gasteiger partial charge >= 0.3 is 5.97 Å². The molecule has 116 valence electrons. The Hall–Kier alpha value is -2.57. The largest absolute Gasteiger partial charge is 0.484 e. The molecule has 1 amide bonds. The fraction of sp³-hybridized carbons (Fsp3) is 0.400. The minimum Gasteiger partial charge on any atom is -0.484 e. The number of rotatable bonds is 5. The normalized spacial score (nSPS) is 15.1. The van der Waals surface area contributed by atoms with Gasteiger partial charge in [-0.3, -0.25) is 9.89 Å². The number of benzene rings is 1. The predicted molar refractivity (Wildman–Crippen MR) is 78.9 cm³/mol. The second kappa shape index (κ2) is 6.05. The highest BCUT2D eigenvalue weighted by atomic mass is 16.5. The van der Waals surface area contributed by atoms with E-state index < -0.39 is 5.97 Å². The van der Waals surface area contributed by atoms with E-state index in [1.807, 2.05) is 0 Å². The van der Waals surface area contributed by atoms with Crippen LogP contribution in [-0.4, -0.2) is 39.8 Å². The quantitative estimate of drug-likeness (QED) is 0.780. The number of carboxylic acid groups (broad SMARTS) is 1. The molecule has 22 heavy (non-hydrogen) atoms. The summed E-state index contributed by atoms with van der Waals surface area (Å²) in [7, 11) is 0. The van der Waals surface area contributed by atoms with Gasteiger partial charge in [0.25, 0.3) is 5.91 Å². The van der Waals surface area contributed by atoms with Crippen molar-refractivity contribution in [2.24, 2.45) is 0 Å². The van der Waals surface area contributed by atoms with Gasteiger partial charge < -0.3 is 15.2 Å². The maximum Gasteiger partial charge on any atom is 0.357 e. The van der Waals surface area contributed by atoms with E-state index >= 15 is 0 Å². The molecule has 7 nitrogen and oxygen atoms in total. The Kier molecular flexibility index (Phi) is 3.95. The van der Waals surface area contributed by atoms with Gasteiger partial charge in [0.2, 0.25) is 0 Å². The summed E-state index contributed by atoms with van der Waals surface area (Å²) in [6, 6.07) is 5.19. The number of carbonyl (C=O) groups excluding carboxylic acids is 1. The van der Waals surface area contributed by atoms with Crippen LogP contribution in [0.1, 0.15) is 36.2 Å². The lowest BCUT2D eigenvalue weighted by atomic mass is 10.2. The molecule has 2 aromatic rings. The molecule has 3 N–H and O–H groups in total. The SMILES string of the molecule is O=C(COc1ccc2[nH]nc(C(=O)O)c2c1)NC1CCCC1. The van der Waals surface area contributed by atoms with Crippen LogP contribution in [0.2, 0.25) is 0 Å². The smallest absolute Gasteiger partial charge is 0.357 e. The lowest BCUT2D eigenvalue weighted by Crippen LogP contribution is -2.36. The van der Waals surface area contributed by atoms with Gasteiger partial charge in [-0.15, -0.1) is 0 Å². The number of nitrogens with one attached hydrogen (secondary N) is 2. The Labute approximate surface area is 126 Å². The number of nitrogens with zero attached hydrogens (tertiary/aromatic N) is 1. The molecule has 1 heterocycles. The van der Waals surface area contributed by atoms with Crippen molar-refractivity contribution in [3.63, 3.8) is 0 Å². The average molecular weight is 303 g/mol. The minimum atomic E-state index is -1.11. The van der Waals surface area contributed by atoms with Gasteiger partial charge in [0.1, 0.15) is 5.75 Å². The number of carbonyl (C=O) groups is 2. The van der Waals surface area contributed by atoms with Gasteiger partial charge in [-0.05, 0) is 31.0 Å². The second-order valence-corrected chi connectivity index (χ2v) is 5.42. The fourth-order valence-electron chi connectivity index (χ4n) is 2.73. The molecule has 1 aromatic carbocycles. The summed E-state index contributed by atoms with van der Waals surface area (Å²) >= 11 is 0. The third-order valence-electron chi connectivity index (χ3n) is 3.83. The van der Waals surface area contributed by atoms with Crippen LogP contribution >= 0.6 is 0 Å². The van der Waals surface area contributed by atoms with E-state index in [1.165, 1.54) is 0 Å². The molecule has 0 saturated heterocycles. The molecule has 3 rings (SSSR count). The Morgan fingerprint density at radius 1 is 1.36 bits per heavy atom. The highest BCUT2D eigenvalue weighted by Crippen LogP contribution is 2.22.